The summed E-state index contributed by atoms with van der Waals surface area (Å²) in [5.41, 5.74) is 1.24. The van der Waals surface area contributed by atoms with Crippen LogP contribution in [0, 0.1) is 17.8 Å². The zero-order valence-corrected chi connectivity index (χ0v) is 13.2. The molecule has 0 unspecified atom stereocenters. The number of aromatic nitrogens is 1. The zero-order valence-electron chi connectivity index (χ0n) is 13.2. The Morgan fingerprint density at radius 1 is 1.41 bits per heavy atom. The van der Waals surface area contributed by atoms with Gasteiger partial charge in [0.1, 0.15) is 0 Å². The topological polar surface area (TPSA) is 54.5 Å². The van der Waals surface area contributed by atoms with Gasteiger partial charge in [-0.3, -0.25) is 14.7 Å². The van der Waals surface area contributed by atoms with Crippen molar-refractivity contribution >= 4 is 5.91 Å². The van der Waals surface area contributed by atoms with Crippen molar-refractivity contribution in [2.45, 2.75) is 19.4 Å². The summed E-state index contributed by atoms with van der Waals surface area (Å²) in [6.45, 7) is 4.44. The number of hydrogen-bond acceptors (Lipinski definition) is 4. The van der Waals surface area contributed by atoms with Gasteiger partial charge < -0.3 is 10.1 Å². The predicted molar refractivity (Wildman–Crippen MR) is 84.1 cm³/mol. The van der Waals surface area contributed by atoms with Crippen LogP contribution in [-0.4, -0.2) is 49.1 Å². The number of amides is 1. The second-order valence-electron chi connectivity index (χ2n) is 6.45. The Bertz CT molecular complexity index is 494. The van der Waals surface area contributed by atoms with Crippen molar-refractivity contribution in [1.82, 2.24) is 15.2 Å². The summed E-state index contributed by atoms with van der Waals surface area (Å²) in [6, 6.07) is 4.10. The average molecular weight is 303 g/mol. The third kappa shape index (κ3) is 3.47. The van der Waals surface area contributed by atoms with Gasteiger partial charge in [-0.1, -0.05) is 6.07 Å². The lowest BCUT2D eigenvalue weighted by atomic mass is 9.75. The van der Waals surface area contributed by atoms with Crippen molar-refractivity contribution in [1.29, 1.82) is 0 Å². The van der Waals surface area contributed by atoms with Crippen molar-refractivity contribution in [3.8, 4) is 0 Å². The van der Waals surface area contributed by atoms with Crippen LogP contribution in [0.15, 0.2) is 24.5 Å². The summed E-state index contributed by atoms with van der Waals surface area (Å²) in [7, 11) is 1.75. The van der Waals surface area contributed by atoms with E-state index < -0.39 is 0 Å². The van der Waals surface area contributed by atoms with Crippen molar-refractivity contribution in [2.24, 2.45) is 17.8 Å². The Morgan fingerprint density at radius 3 is 3.05 bits per heavy atom. The van der Waals surface area contributed by atoms with E-state index in [9.17, 15) is 4.79 Å². The number of nitrogens with one attached hydrogen (secondary N) is 1. The average Bonchev–Trinajstić information content (AvgIpc) is 2.75. The van der Waals surface area contributed by atoms with Gasteiger partial charge in [0.2, 0.25) is 5.91 Å². The minimum atomic E-state index is 0.146. The molecule has 22 heavy (non-hydrogen) atoms. The molecule has 120 valence electrons. The molecule has 0 aliphatic carbocycles. The highest BCUT2D eigenvalue weighted by Gasteiger charge is 2.39. The normalized spacial score (nSPS) is 29.5. The number of nitrogens with zero attached hydrogens (tertiary/aromatic N) is 2. The molecule has 0 spiro atoms. The molecular formula is C17H25N3O2. The lowest BCUT2D eigenvalue weighted by Gasteiger charge is -2.36. The van der Waals surface area contributed by atoms with Gasteiger partial charge in [0.25, 0.3) is 0 Å². The quantitative estimate of drug-likeness (QED) is 0.911. The van der Waals surface area contributed by atoms with E-state index >= 15 is 0 Å². The lowest BCUT2D eigenvalue weighted by molar-refractivity contribution is -0.131. The summed E-state index contributed by atoms with van der Waals surface area (Å²) < 4.78 is 5.36. The monoisotopic (exact) mass is 303 g/mol. The number of pyridine rings is 1. The maximum absolute atomic E-state index is 12.2. The van der Waals surface area contributed by atoms with Crippen LogP contribution < -0.4 is 5.32 Å². The first-order valence-corrected chi connectivity index (χ1v) is 8.16. The SMILES string of the molecule is COC[C@@H]1CNC(=O)[C@H]2CCN(Cc3cccnc3)CC[C@@H]12. The van der Waals surface area contributed by atoms with Gasteiger partial charge in [0.05, 0.1) is 6.61 Å². The Balaban J connectivity index is 1.65. The number of piperidine rings is 1. The molecule has 0 saturated carbocycles. The molecule has 5 nitrogen and oxygen atoms in total. The Morgan fingerprint density at radius 2 is 2.27 bits per heavy atom. The molecule has 1 N–H and O–H groups in total. The Kier molecular flexibility index (Phi) is 5.05. The van der Waals surface area contributed by atoms with E-state index in [2.05, 4.69) is 21.3 Å². The zero-order chi connectivity index (χ0) is 15.4. The van der Waals surface area contributed by atoms with Crippen molar-refractivity contribution in [2.75, 3.05) is 33.4 Å². The van der Waals surface area contributed by atoms with Crippen LogP contribution in [-0.2, 0) is 16.1 Å². The molecule has 1 aromatic heterocycles. The van der Waals surface area contributed by atoms with E-state index in [1.165, 1.54) is 5.56 Å². The van der Waals surface area contributed by atoms with Gasteiger partial charge in [-0.25, -0.2) is 0 Å². The molecule has 0 radical (unpaired) electrons. The van der Waals surface area contributed by atoms with Crippen LogP contribution in [0.2, 0.25) is 0 Å². The first-order valence-electron chi connectivity index (χ1n) is 8.16. The molecule has 2 saturated heterocycles. The van der Waals surface area contributed by atoms with E-state index in [1.54, 1.807) is 13.3 Å². The van der Waals surface area contributed by atoms with Crippen LogP contribution in [0.4, 0.5) is 0 Å². The first kappa shape index (κ1) is 15.4. The molecular weight excluding hydrogens is 278 g/mol. The molecule has 1 amide bonds. The van der Waals surface area contributed by atoms with Crippen molar-refractivity contribution < 1.29 is 9.53 Å². The summed E-state index contributed by atoms with van der Waals surface area (Å²) in [6.07, 6.45) is 5.75. The molecule has 3 heterocycles. The van der Waals surface area contributed by atoms with E-state index in [4.69, 9.17) is 4.74 Å². The molecule has 0 bridgehead atoms. The van der Waals surface area contributed by atoms with Crippen LogP contribution in [0.3, 0.4) is 0 Å². The van der Waals surface area contributed by atoms with E-state index in [1.807, 2.05) is 12.3 Å². The van der Waals surface area contributed by atoms with E-state index in [0.29, 0.717) is 11.8 Å². The summed E-state index contributed by atoms with van der Waals surface area (Å²) in [5.74, 6) is 1.28. The summed E-state index contributed by atoms with van der Waals surface area (Å²) in [4.78, 5) is 18.9. The maximum Gasteiger partial charge on any atom is 0.223 e. The van der Waals surface area contributed by atoms with Crippen LogP contribution in [0.25, 0.3) is 0 Å². The number of ether oxygens (including phenoxy) is 1. The molecule has 0 aromatic carbocycles. The largest absolute Gasteiger partial charge is 0.384 e. The van der Waals surface area contributed by atoms with Gasteiger partial charge in [0, 0.05) is 44.4 Å². The standard InChI is InChI=1S/C17H25N3O2/c1-22-12-14-10-19-17(21)16-5-8-20(7-4-15(14)16)11-13-3-2-6-18-9-13/h2-3,6,9,14-16H,4-5,7-8,10-12H2,1H3,(H,19,21)/t14-,15-,16-/m0/s1. The number of carbonyl (C=O) groups is 1. The molecule has 2 fully saturated rings. The van der Waals surface area contributed by atoms with E-state index in [0.717, 1.165) is 45.6 Å². The number of fused-ring (bicyclic) bond motifs is 1. The van der Waals surface area contributed by atoms with E-state index in [-0.39, 0.29) is 11.8 Å². The van der Waals surface area contributed by atoms with Gasteiger partial charge >= 0.3 is 0 Å². The fourth-order valence-electron chi connectivity index (χ4n) is 3.89. The van der Waals surface area contributed by atoms with Gasteiger partial charge in [0.15, 0.2) is 0 Å². The fourth-order valence-corrected chi connectivity index (χ4v) is 3.89. The van der Waals surface area contributed by atoms with Gasteiger partial charge in [-0.15, -0.1) is 0 Å². The van der Waals surface area contributed by atoms with Crippen molar-refractivity contribution in [3.63, 3.8) is 0 Å². The lowest BCUT2D eigenvalue weighted by Crippen LogP contribution is -2.49. The Labute approximate surface area is 132 Å². The third-order valence-corrected chi connectivity index (χ3v) is 5.04. The number of carbonyl (C=O) groups excluding carboxylic acids is 1. The van der Waals surface area contributed by atoms with Crippen LogP contribution in [0.5, 0.6) is 0 Å². The van der Waals surface area contributed by atoms with Gasteiger partial charge in [-0.2, -0.15) is 0 Å². The number of rotatable bonds is 4. The summed E-state index contributed by atoms with van der Waals surface area (Å²) >= 11 is 0. The van der Waals surface area contributed by atoms with Crippen LogP contribution >= 0.6 is 0 Å². The van der Waals surface area contributed by atoms with Crippen molar-refractivity contribution in [3.05, 3.63) is 30.1 Å². The number of likely N-dealkylation sites (tertiary alicyclic amines) is 1. The molecule has 1 aromatic rings. The third-order valence-electron chi connectivity index (χ3n) is 5.04. The number of hydrogen-bond donors (Lipinski definition) is 1. The molecule has 3 atom stereocenters. The molecule has 2 aliphatic heterocycles. The molecule has 5 heteroatoms. The van der Waals surface area contributed by atoms with Crippen LogP contribution in [0.1, 0.15) is 18.4 Å². The second-order valence-corrected chi connectivity index (χ2v) is 6.45. The smallest absolute Gasteiger partial charge is 0.223 e. The molecule has 3 rings (SSSR count). The highest BCUT2D eigenvalue weighted by Crippen LogP contribution is 2.34. The minimum absolute atomic E-state index is 0.146. The second kappa shape index (κ2) is 7.20. The fraction of sp³-hybridized carbons (Fsp3) is 0.647. The Hall–Kier alpha value is -1.46. The number of methoxy groups -OCH3 is 1. The highest BCUT2D eigenvalue weighted by molar-refractivity contribution is 5.79. The minimum Gasteiger partial charge on any atom is -0.384 e. The predicted octanol–water partition coefficient (Wildman–Crippen LogP) is 1.30. The maximum atomic E-state index is 12.2. The van der Waals surface area contributed by atoms with Gasteiger partial charge in [-0.05, 0) is 43.5 Å². The summed E-state index contributed by atoms with van der Waals surface area (Å²) in [5, 5.41) is 3.06. The first-order chi connectivity index (χ1) is 10.8. The highest BCUT2D eigenvalue weighted by atomic mass is 16.5. The molecule has 2 aliphatic rings.